The number of benzene rings is 2. The number of nitrogens with zero attached hydrogens (tertiary/aromatic N) is 2. The molecule has 3 atom stereocenters. The molecule has 3 rings (SSSR count). The second-order valence-corrected chi connectivity index (χ2v) is 6.69. The van der Waals surface area contributed by atoms with Crippen LogP contribution in [0, 0.1) is 17.2 Å². The predicted molar refractivity (Wildman–Crippen MR) is 96.7 cm³/mol. The minimum Gasteiger partial charge on any atom is -0.453 e. The van der Waals surface area contributed by atoms with Gasteiger partial charge in [0.1, 0.15) is 6.07 Å². The first kappa shape index (κ1) is 18.1. The summed E-state index contributed by atoms with van der Waals surface area (Å²) in [5.41, 5.74) is 1.54. The Hall–Kier alpha value is -2.68. The van der Waals surface area contributed by atoms with Crippen LogP contribution in [0.15, 0.2) is 60.7 Å². The van der Waals surface area contributed by atoms with Crippen LogP contribution in [0.1, 0.15) is 29.8 Å². The van der Waals surface area contributed by atoms with Gasteiger partial charge in [-0.25, -0.2) is 4.79 Å². The highest BCUT2D eigenvalue weighted by Crippen LogP contribution is 2.31. The Labute approximate surface area is 153 Å². The molecule has 1 aliphatic rings. The summed E-state index contributed by atoms with van der Waals surface area (Å²) >= 11 is 0. The fraction of sp³-hybridized carbons (Fsp3) is 0.333. The predicted octanol–water partition coefficient (Wildman–Crippen LogP) is 3.58. The molecule has 0 spiro atoms. The second kappa shape index (κ2) is 8.13. The zero-order valence-electron chi connectivity index (χ0n) is 14.9. The Morgan fingerprint density at radius 1 is 1.15 bits per heavy atom. The van der Waals surface area contributed by atoms with E-state index in [9.17, 15) is 10.1 Å². The van der Waals surface area contributed by atoms with Gasteiger partial charge in [-0.2, -0.15) is 10.3 Å². The van der Waals surface area contributed by atoms with Gasteiger partial charge in [0.25, 0.3) is 0 Å². The third-order valence-corrected chi connectivity index (χ3v) is 4.46. The van der Waals surface area contributed by atoms with Crippen LogP contribution < -0.4 is 0 Å². The van der Waals surface area contributed by atoms with Crippen molar-refractivity contribution in [3.63, 3.8) is 0 Å². The van der Waals surface area contributed by atoms with Gasteiger partial charge in [-0.3, -0.25) is 4.84 Å². The van der Waals surface area contributed by atoms with Gasteiger partial charge in [0, 0.05) is 6.54 Å². The zero-order valence-corrected chi connectivity index (χ0v) is 14.9. The van der Waals surface area contributed by atoms with E-state index in [-0.39, 0.29) is 12.0 Å². The topological polar surface area (TPSA) is 62.6 Å². The third-order valence-electron chi connectivity index (χ3n) is 4.46. The molecule has 0 aromatic heterocycles. The SMILES string of the molecule is CC(C)[C@@H]1[C@@H](OC(=O)c2ccccc2)[C@@H](C#N)ON1Cc1ccccc1. The Kier molecular flexibility index (Phi) is 5.67. The molecule has 26 heavy (non-hydrogen) atoms. The van der Waals surface area contributed by atoms with E-state index in [1.165, 1.54) is 0 Å². The first-order chi connectivity index (χ1) is 12.6. The molecule has 0 unspecified atom stereocenters. The molecule has 1 saturated heterocycles. The largest absolute Gasteiger partial charge is 0.453 e. The van der Waals surface area contributed by atoms with E-state index in [1.54, 1.807) is 29.3 Å². The van der Waals surface area contributed by atoms with Gasteiger partial charge in [-0.1, -0.05) is 62.4 Å². The quantitative estimate of drug-likeness (QED) is 0.771. The highest BCUT2D eigenvalue weighted by molar-refractivity contribution is 5.89. The van der Waals surface area contributed by atoms with Crippen molar-refractivity contribution < 1.29 is 14.4 Å². The van der Waals surface area contributed by atoms with E-state index in [0.717, 1.165) is 5.56 Å². The summed E-state index contributed by atoms with van der Waals surface area (Å²) in [6.45, 7) is 4.60. The monoisotopic (exact) mass is 350 g/mol. The maximum atomic E-state index is 12.5. The zero-order chi connectivity index (χ0) is 18.5. The van der Waals surface area contributed by atoms with E-state index in [0.29, 0.717) is 12.1 Å². The van der Waals surface area contributed by atoms with Crippen LogP contribution in [0.4, 0.5) is 0 Å². The van der Waals surface area contributed by atoms with Crippen molar-refractivity contribution in [2.75, 3.05) is 0 Å². The number of hydroxylamine groups is 2. The van der Waals surface area contributed by atoms with Gasteiger partial charge in [0.05, 0.1) is 11.6 Å². The highest BCUT2D eigenvalue weighted by atomic mass is 16.7. The van der Waals surface area contributed by atoms with Crippen molar-refractivity contribution in [1.29, 1.82) is 5.26 Å². The van der Waals surface area contributed by atoms with Crippen LogP contribution in [0.25, 0.3) is 0 Å². The lowest BCUT2D eigenvalue weighted by Crippen LogP contribution is -2.42. The summed E-state index contributed by atoms with van der Waals surface area (Å²) < 4.78 is 5.71. The number of rotatable bonds is 5. The van der Waals surface area contributed by atoms with Crippen molar-refractivity contribution in [3.05, 3.63) is 71.8 Å². The summed E-state index contributed by atoms with van der Waals surface area (Å²) in [7, 11) is 0. The van der Waals surface area contributed by atoms with Crippen LogP contribution >= 0.6 is 0 Å². The maximum absolute atomic E-state index is 12.5. The number of carbonyl (C=O) groups is 1. The lowest BCUT2D eigenvalue weighted by atomic mass is 9.95. The Morgan fingerprint density at radius 2 is 1.77 bits per heavy atom. The van der Waals surface area contributed by atoms with E-state index in [2.05, 4.69) is 6.07 Å². The summed E-state index contributed by atoms with van der Waals surface area (Å²) in [5, 5.41) is 11.3. The van der Waals surface area contributed by atoms with Crippen LogP contribution in [0.3, 0.4) is 0 Å². The van der Waals surface area contributed by atoms with Crippen LogP contribution in [0.2, 0.25) is 0 Å². The van der Waals surface area contributed by atoms with Crippen molar-refractivity contribution in [2.24, 2.45) is 5.92 Å². The number of hydrogen-bond acceptors (Lipinski definition) is 5. The fourth-order valence-corrected chi connectivity index (χ4v) is 3.23. The Morgan fingerprint density at radius 3 is 2.35 bits per heavy atom. The van der Waals surface area contributed by atoms with Gasteiger partial charge in [-0.05, 0) is 23.6 Å². The van der Waals surface area contributed by atoms with E-state index in [1.807, 2.05) is 50.2 Å². The highest BCUT2D eigenvalue weighted by Gasteiger charge is 2.47. The van der Waals surface area contributed by atoms with Gasteiger partial charge in [-0.15, -0.1) is 0 Å². The molecule has 1 heterocycles. The summed E-state index contributed by atoms with van der Waals surface area (Å²) in [6.07, 6.45) is -1.46. The molecule has 1 aliphatic heterocycles. The molecule has 0 saturated carbocycles. The van der Waals surface area contributed by atoms with Crippen molar-refractivity contribution in [3.8, 4) is 6.07 Å². The standard InChI is InChI=1S/C21H22N2O3/c1-15(2)19-20(25-21(24)17-11-7-4-8-12-17)18(13-22)26-23(19)14-16-9-5-3-6-10-16/h3-12,15,18-20H,14H2,1-2H3/t18-,19-,20+/m1/s1. The molecule has 5 heteroatoms. The molecular weight excluding hydrogens is 328 g/mol. The number of esters is 1. The molecule has 0 amide bonds. The second-order valence-electron chi connectivity index (χ2n) is 6.69. The van der Waals surface area contributed by atoms with Crippen LogP contribution in [-0.2, 0) is 16.1 Å². The van der Waals surface area contributed by atoms with E-state index in [4.69, 9.17) is 9.57 Å². The number of nitriles is 1. The molecule has 0 N–H and O–H groups in total. The van der Waals surface area contributed by atoms with Gasteiger partial charge < -0.3 is 4.74 Å². The average molecular weight is 350 g/mol. The van der Waals surface area contributed by atoms with Crippen LogP contribution in [0.5, 0.6) is 0 Å². The fourth-order valence-electron chi connectivity index (χ4n) is 3.23. The van der Waals surface area contributed by atoms with Crippen molar-refractivity contribution >= 4 is 5.97 Å². The summed E-state index contributed by atoms with van der Waals surface area (Å²) in [4.78, 5) is 18.3. The molecule has 0 bridgehead atoms. The average Bonchev–Trinajstić information content (AvgIpc) is 3.00. The minimum atomic E-state index is -0.821. The molecule has 5 nitrogen and oxygen atoms in total. The molecule has 2 aromatic carbocycles. The molecule has 134 valence electrons. The first-order valence-electron chi connectivity index (χ1n) is 8.73. The lowest BCUT2D eigenvalue weighted by Gasteiger charge is -2.28. The number of ether oxygens (including phenoxy) is 1. The molecular formula is C21H22N2O3. The number of carbonyl (C=O) groups excluding carboxylic acids is 1. The lowest BCUT2D eigenvalue weighted by molar-refractivity contribution is -0.162. The van der Waals surface area contributed by atoms with E-state index < -0.39 is 18.2 Å². The van der Waals surface area contributed by atoms with Gasteiger partial charge in [0.2, 0.25) is 6.10 Å². The maximum Gasteiger partial charge on any atom is 0.338 e. The van der Waals surface area contributed by atoms with Crippen molar-refractivity contribution in [1.82, 2.24) is 5.06 Å². The normalized spacial score (nSPS) is 22.9. The first-order valence-corrected chi connectivity index (χ1v) is 8.73. The van der Waals surface area contributed by atoms with Crippen LogP contribution in [-0.4, -0.2) is 29.3 Å². The van der Waals surface area contributed by atoms with Gasteiger partial charge >= 0.3 is 5.97 Å². The molecule has 2 aromatic rings. The van der Waals surface area contributed by atoms with Gasteiger partial charge in [0.15, 0.2) is 6.10 Å². The molecule has 1 fully saturated rings. The Balaban J connectivity index is 1.80. The van der Waals surface area contributed by atoms with Crippen molar-refractivity contribution in [2.45, 2.75) is 38.6 Å². The Bertz CT molecular complexity index is 771. The van der Waals surface area contributed by atoms with E-state index >= 15 is 0 Å². The molecule has 0 radical (unpaired) electrons. The minimum absolute atomic E-state index is 0.144. The number of hydrogen-bond donors (Lipinski definition) is 0. The third kappa shape index (κ3) is 3.93. The summed E-state index contributed by atoms with van der Waals surface area (Å²) in [6, 6.07) is 20.6. The summed E-state index contributed by atoms with van der Waals surface area (Å²) in [5.74, 6) is -0.294. The smallest absolute Gasteiger partial charge is 0.338 e. The molecule has 0 aliphatic carbocycles.